The van der Waals surface area contributed by atoms with E-state index < -0.39 is 9.84 Å². The molecule has 0 amide bonds. The first-order chi connectivity index (χ1) is 8.87. The van der Waals surface area contributed by atoms with E-state index in [1.165, 1.54) is 0 Å². The van der Waals surface area contributed by atoms with Crippen LogP contribution in [0.2, 0.25) is 10.0 Å². The highest BCUT2D eigenvalue weighted by molar-refractivity contribution is 7.91. The first-order valence-electron chi connectivity index (χ1n) is 6.03. The van der Waals surface area contributed by atoms with E-state index in [2.05, 4.69) is 4.90 Å². The van der Waals surface area contributed by atoms with E-state index in [1.54, 1.807) is 12.1 Å². The van der Waals surface area contributed by atoms with Gasteiger partial charge in [-0.3, -0.25) is 4.90 Å². The van der Waals surface area contributed by atoms with Gasteiger partial charge in [-0.25, -0.2) is 8.42 Å². The van der Waals surface area contributed by atoms with Crippen molar-refractivity contribution in [1.29, 1.82) is 0 Å². The standard InChI is InChI=1S/C12H16Cl2N2O2S/c13-10-6-9(7-11(14)12(10)15)8-16-2-1-4-19(17,18)5-3-16/h6-7H,1-5,8,15H2. The normalized spacial score (nSPS) is 20.1. The van der Waals surface area contributed by atoms with Gasteiger partial charge in [0.2, 0.25) is 0 Å². The lowest BCUT2D eigenvalue weighted by Gasteiger charge is -2.19. The van der Waals surface area contributed by atoms with Crippen LogP contribution in [-0.2, 0) is 16.4 Å². The van der Waals surface area contributed by atoms with E-state index in [0.717, 1.165) is 12.1 Å². The predicted molar refractivity (Wildman–Crippen MR) is 79.4 cm³/mol. The number of anilines is 1. The van der Waals surface area contributed by atoms with Crippen LogP contribution in [0.4, 0.5) is 5.69 Å². The summed E-state index contributed by atoms with van der Waals surface area (Å²) < 4.78 is 23.1. The molecule has 0 unspecified atom stereocenters. The minimum absolute atomic E-state index is 0.212. The van der Waals surface area contributed by atoms with Gasteiger partial charge in [0.1, 0.15) is 0 Å². The van der Waals surface area contributed by atoms with Gasteiger partial charge in [0.25, 0.3) is 0 Å². The second kappa shape index (κ2) is 5.87. The molecule has 0 saturated carbocycles. The summed E-state index contributed by atoms with van der Waals surface area (Å²) in [4.78, 5) is 2.10. The Bertz CT molecular complexity index is 552. The number of nitrogens with two attached hydrogens (primary N) is 1. The van der Waals surface area contributed by atoms with Crippen molar-refractivity contribution in [2.45, 2.75) is 13.0 Å². The summed E-state index contributed by atoms with van der Waals surface area (Å²) in [5.74, 6) is 0.482. The Hall–Kier alpha value is -0.490. The highest BCUT2D eigenvalue weighted by Crippen LogP contribution is 2.29. The van der Waals surface area contributed by atoms with Crippen LogP contribution in [0.5, 0.6) is 0 Å². The van der Waals surface area contributed by atoms with Crippen molar-refractivity contribution in [1.82, 2.24) is 4.90 Å². The van der Waals surface area contributed by atoms with Gasteiger partial charge in [0, 0.05) is 13.1 Å². The fraction of sp³-hybridized carbons (Fsp3) is 0.500. The number of rotatable bonds is 2. The third kappa shape index (κ3) is 3.99. The molecular weight excluding hydrogens is 307 g/mol. The molecule has 1 aliphatic rings. The maximum absolute atomic E-state index is 11.5. The lowest BCUT2D eigenvalue weighted by molar-refractivity contribution is 0.287. The molecule has 1 aromatic rings. The average molecular weight is 323 g/mol. The molecule has 2 N–H and O–H groups in total. The molecule has 4 nitrogen and oxygen atoms in total. The molecule has 0 radical (unpaired) electrons. The first-order valence-corrected chi connectivity index (χ1v) is 8.61. The van der Waals surface area contributed by atoms with Crippen LogP contribution in [0.25, 0.3) is 0 Å². The largest absolute Gasteiger partial charge is 0.396 e. The summed E-state index contributed by atoms with van der Waals surface area (Å²) in [5.41, 5.74) is 7.02. The Morgan fingerprint density at radius 1 is 1.16 bits per heavy atom. The molecule has 1 aromatic carbocycles. The molecule has 1 heterocycles. The Balaban J connectivity index is 2.09. The molecule has 0 atom stereocenters. The Morgan fingerprint density at radius 2 is 1.79 bits per heavy atom. The van der Waals surface area contributed by atoms with E-state index >= 15 is 0 Å². The molecular formula is C12H16Cl2N2O2S. The van der Waals surface area contributed by atoms with Gasteiger partial charge in [-0.05, 0) is 30.7 Å². The van der Waals surface area contributed by atoms with Crippen LogP contribution in [0.15, 0.2) is 12.1 Å². The Labute approximate surface area is 123 Å². The van der Waals surface area contributed by atoms with E-state index in [9.17, 15) is 8.42 Å². The summed E-state index contributed by atoms with van der Waals surface area (Å²) in [6, 6.07) is 3.56. The van der Waals surface area contributed by atoms with Gasteiger partial charge in [0.15, 0.2) is 9.84 Å². The summed E-state index contributed by atoms with van der Waals surface area (Å²) in [5, 5.41) is 0.870. The summed E-state index contributed by atoms with van der Waals surface area (Å²) in [6.07, 6.45) is 0.665. The number of benzene rings is 1. The van der Waals surface area contributed by atoms with Crippen molar-refractivity contribution >= 4 is 38.7 Å². The van der Waals surface area contributed by atoms with Crippen molar-refractivity contribution in [2.75, 3.05) is 30.3 Å². The van der Waals surface area contributed by atoms with Crippen molar-refractivity contribution < 1.29 is 8.42 Å². The lowest BCUT2D eigenvalue weighted by Crippen LogP contribution is -2.26. The predicted octanol–water partition coefficient (Wildman–Crippen LogP) is 2.20. The Morgan fingerprint density at radius 3 is 2.42 bits per heavy atom. The number of nitrogens with zero attached hydrogens (tertiary/aromatic N) is 1. The van der Waals surface area contributed by atoms with Crippen LogP contribution in [0, 0.1) is 0 Å². The molecule has 106 valence electrons. The Kier molecular flexibility index (Phi) is 4.61. The van der Waals surface area contributed by atoms with Gasteiger partial charge < -0.3 is 5.73 Å². The van der Waals surface area contributed by atoms with Crippen LogP contribution < -0.4 is 5.73 Å². The second-order valence-electron chi connectivity index (χ2n) is 4.75. The zero-order chi connectivity index (χ0) is 14.0. The van der Waals surface area contributed by atoms with Gasteiger partial charge in [-0.1, -0.05) is 23.2 Å². The molecule has 2 rings (SSSR count). The molecule has 19 heavy (non-hydrogen) atoms. The smallest absolute Gasteiger partial charge is 0.151 e. The van der Waals surface area contributed by atoms with Crippen LogP contribution in [0.1, 0.15) is 12.0 Å². The topological polar surface area (TPSA) is 63.4 Å². The maximum atomic E-state index is 11.5. The number of sulfone groups is 1. The van der Waals surface area contributed by atoms with Crippen molar-refractivity contribution in [2.24, 2.45) is 0 Å². The van der Waals surface area contributed by atoms with Crippen LogP contribution in [0.3, 0.4) is 0 Å². The zero-order valence-corrected chi connectivity index (χ0v) is 12.7. The third-order valence-corrected chi connectivity index (χ3v) is 5.53. The number of halogens is 2. The molecule has 1 aliphatic heterocycles. The van der Waals surface area contributed by atoms with Gasteiger partial charge in [-0.15, -0.1) is 0 Å². The molecule has 0 aliphatic carbocycles. The molecule has 1 saturated heterocycles. The minimum atomic E-state index is -2.88. The molecule has 0 bridgehead atoms. The SMILES string of the molecule is Nc1c(Cl)cc(CN2CCCS(=O)(=O)CC2)cc1Cl. The number of nitrogen functional groups attached to an aromatic ring is 1. The molecule has 7 heteroatoms. The van der Waals surface area contributed by atoms with E-state index in [0.29, 0.717) is 35.2 Å². The van der Waals surface area contributed by atoms with Gasteiger partial charge in [-0.2, -0.15) is 0 Å². The zero-order valence-electron chi connectivity index (χ0n) is 10.4. The summed E-state index contributed by atoms with van der Waals surface area (Å²) in [6.45, 7) is 1.94. The molecule has 0 aromatic heterocycles. The third-order valence-electron chi connectivity index (χ3n) is 3.19. The fourth-order valence-electron chi connectivity index (χ4n) is 2.13. The minimum Gasteiger partial charge on any atom is -0.396 e. The fourth-order valence-corrected chi connectivity index (χ4v) is 3.98. The van der Waals surface area contributed by atoms with Crippen molar-refractivity contribution in [3.8, 4) is 0 Å². The quantitative estimate of drug-likeness (QED) is 0.848. The molecule has 0 spiro atoms. The van der Waals surface area contributed by atoms with Gasteiger partial charge in [0.05, 0.1) is 27.2 Å². The van der Waals surface area contributed by atoms with Crippen LogP contribution >= 0.6 is 23.2 Å². The van der Waals surface area contributed by atoms with E-state index in [1.807, 2.05) is 0 Å². The number of hydrogen-bond donors (Lipinski definition) is 1. The summed E-state index contributed by atoms with van der Waals surface area (Å²) in [7, 11) is -2.88. The highest BCUT2D eigenvalue weighted by Gasteiger charge is 2.19. The highest BCUT2D eigenvalue weighted by atomic mass is 35.5. The van der Waals surface area contributed by atoms with Gasteiger partial charge >= 0.3 is 0 Å². The number of hydrogen-bond acceptors (Lipinski definition) is 4. The van der Waals surface area contributed by atoms with E-state index in [4.69, 9.17) is 28.9 Å². The summed E-state index contributed by atoms with van der Waals surface area (Å²) >= 11 is 12.0. The average Bonchev–Trinajstić information content (AvgIpc) is 2.48. The molecule has 1 fully saturated rings. The second-order valence-corrected chi connectivity index (χ2v) is 7.87. The first kappa shape index (κ1) is 14.9. The van der Waals surface area contributed by atoms with E-state index in [-0.39, 0.29) is 11.5 Å². The monoisotopic (exact) mass is 322 g/mol. The maximum Gasteiger partial charge on any atom is 0.151 e. The van der Waals surface area contributed by atoms with Crippen LogP contribution in [-0.4, -0.2) is 37.9 Å². The van der Waals surface area contributed by atoms with Crippen molar-refractivity contribution in [3.05, 3.63) is 27.7 Å². The lowest BCUT2D eigenvalue weighted by atomic mass is 10.2. The van der Waals surface area contributed by atoms with Crippen molar-refractivity contribution in [3.63, 3.8) is 0 Å².